The number of nitrogens with zero attached hydrogens (tertiary/aromatic N) is 1. The van der Waals surface area contributed by atoms with Gasteiger partial charge in [0.2, 0.25) is 5.91 Å². The van der Waals surface area contributed by atoms with Crippen LogP contribution in [0, 0.1) is 5.92 Å². The molecule has 1 saturated heterocycles. The number of amides is 1. The minimum atomic E-state index is -0.176. The second-order valence-corrected chi connectivity index (χ2v) is 2.98. The fourth-order valence-corrected chi connectivity index (χ4v) is 1.45. The number of rotatable bonds is 3. The molecule has 0 spiro atoms. The van der Waals surface area contributed by atoms with Crippen molar-refractivity contribution in [3.05, 3.63) is 0 Å². The summed E-state index contributed by atoms with van der Waals surface area (Å²) >= 11 is 0. The molecule has 1 aliphatic rings. The molecule has 1 aliphatic heterocycles. The van der Waals surface area contributed by atoms with Crippen molar-refractivity contribution in [2.75, 3.05) is 26.2 Å². The monoisotopic (exact) mass is 229 g/mol. The highest BCUT2D eigenvalue weighted by Crippen LogP contribution is 2.14. The Bertz CT molecular complexity index is 157. The third-order valence-electron chi connectivity index (χ3n) is 2.12. The largest absolute Gasteiger partial charge is 0.369 e. The molecule has 0 aromatic heterocycles. The van der Waals surface area contributed by atoms with Crippen LogP contribution in [0.2, 0.25) is 0 Å². The summed E-state index contributed by atoms with van der Waals surface area (Å²) in [5, 5.41) is 0. The van der Waals surface area contributed by atoms with E-state index in [9.17, 15) is 4.79 Å². The van der Waals surface area contributed by atoms with E-state index in [4.69, 9.17) is 11.5 Å². The van der Waals surface area contributed by atoms with Crippen LogP contribution in [-0.4, -0.2) is 37.0 Å². The number of primary amides is 1. The molecule has 1 amide bonds. The van der Waals surface area contributed by atoms with Crippen molar-refractivity contribution in [3.63, 3.8) is 0 Å². The zero-order valence-electron chi connectivity index (χ0n) is 7.44. The van der Waals surface area contributed by atoms with Crippen molar-refractivity contribution in [3.8, 4) is 0 Å². The fourth-order valence-electron chi connectivity index (χ4n) is 1.45. The lowest BCUT2D eigenvalue weighted by Gasteiger charge is -2.12. The van der Waals surface area contributed by atoms with E-state index in [0.29, 0.717) is 6.54 Å². The van der Waals surface area contributed by atoms with Gasteiger partial charge in [0.05, 0.1) is 5.92 Å². The highest BCUT2D eigenvalue weighted by atomic mass is 35.5. The summed E-state index contributed by atoms with van der Waals surface area (Å²) in [6, 6.07) is 0. The molecule has 1 unspecified atom stereocenters. The predicted molar refractivity (Wildman–Crippen MR) is 57.3 cm³/mol. The van der Waals surface area contributed by atoms with Gasteiger partial charge < -0.3 is 16.4 Å². The first-order chi connectivity index (χ1) is 5.24. The minimum Gasteiger partial charge on any atom is -0.369 e. The molecule has 13 heavy (non-hydrogen) atoms. The molecule has 6 heteroatoms. The van der Waals surface area contributed by atoms with E-state index in [2.05, 4.69) is 4.90 Å². The maximum Gasteiger partial charge on any atom is 0.221 e. The maximum absolute atomic E-state index is 10.7. The van der Waals surface area contributed by atoms with Crippen LogP contribution in [0.4, 0.5) is 0 Å². The Morgan fingerprint density at radius 3 is 2.46 bits per heavy atom. The number of likely N-dealkylation sites (tertiary alicyclic amines) is 1. The summed E-state index contributed by atoms with van der Waals surface area (Å²) < 4.78 is 0. The van der Waals surface area contributed by atoms with Crippen molar-refractivity contribution in [2.24, 2.45) is 17.4 Å². The molecule has 1 fully saturated rings. The highest BCUT2D eigenvalue weighted by Gasteiger charge is 2.25. The Morgan fingerprint density at radius 2 is 2.08 bits per heavy atom. The summed E-state index contributed by atoms with van der Waals surface area (Å²) in [6.07, 6.45) is 0.898. The van der Waals surface area contributed by atoms with Gasteiger partial charge in [-0.05, 0) is 13.0 Å². The second kappa shape index (κ2) is 7.38. The van der Waals surface area contributed by atoms with Crippen LogP contribution < -0.4 is 11.5 Å². The Kier molecular flexibility index (Phi) is 8.77. The molecule has 1 heterocycles. The maximum atomic E-state index is 10.7. The van der Waals surface area contributed by atoms with E-state index in [1.54, 1.807) is 0 Å². The van der Waals surface area contributed by atoms with Gasteiger partial charge in [-0.25, -0.2) is 0 Å². The number of hydrogen-bond donors (Lipinski definition) is 2. The van der Waals surface area contributed by atoms with Crippen LogP contribution >= 0.6 is 24.8 Å². The van der Waals surface area contributed by atoms with Crippen molar-refractivity contribution >= 4 is 30.7 Å². The highest BCUT2D eigenvalue weighted by molar-refractivity contribution is 5.85. The molecule has 4 nitrogen and oxygen atoms in total. The Hall–Kier alpha value is -0.0300. The van der Waals surface area contributed by atoms with Crippen LogP contribution in [0.3, 0.4) is 0 Å². The Balaban J connectivity index is 0. The van der Waals surface area contributed by atoms with Crippen molar-refractivity contribution in [2.45, 2.75) is 6.42 Å². The molecule has 4 N–H and O–H groups in total. The van der Waals surface area contributed by atoms with E-state index in [1.807, 2.05) is 0 Å². The van der Waals surface area contributed by atoms with Gasteiger partial charge in [-0.15, -0.1) is 24.8 Å². The van der Waals surface area contributed by atoms with Crippen molar-refractivity contribution in [1.29, 1.82) is 0 Å². The molecule has 1 rings (SSSR count). The lowest BCUT2D eigenvalue weighted by molar-refractivity contribution is -0.121. The van der Waals surface area contributed by atoms with E-state index in [1.165, 1.54) is 0 Å². The summed E-state index contributed by atoms with van der Waals surface area (Å²) in [6.45, 7) is 3.30. The third kappa shape index (κ3) is 4.67. The van der Waals surface area contributed by atoms with E-state index in [0.717, 1.165) is 26.1 Å². The van der Waals surface area contributed by atoms with Crippen LogP contribution in [-0.2, 0) is 4.79 Å². The van der Waals surface area contributed by atoms with Gasteiger partial charge in [-0.3, -0.25) is 4.79 Å². The molecule has 0 saturated carbocycles. The smallest absolute Gasteiger partial charge is 0.221 e. The second-order valence-electron chi connectivity index (χ2n) is 2.98. The zero-order valence-corrected chi connectivity index (χ0v) is 9.07. The van der Waals surface area contributed by atoms with Gasteiger partial charge in [-0.1, -0.05) is 0 Å². The predicted octanol–water partition coefficient (Wildman–Crippen LogP) is -0.404. The third-order valence-corrected chi connectivity index (χ3v) is 2.12. The summed E-state index contributed by atoms with van der Waals surface area (Å²) in [7, 11) is 0. The number of carbonyl (C=O) groups excluding carboxylic acids is 1. The number of halogens is 2. The van der Waals surface area contributed by atoms with Crippen molar-refractivity contribution < 1.29 is 4.79 Å². The standard InChI is InChI=1S/C7H15N3O.2ClH/c8-2-4-10-3-1-6(5-10)7(9)11;;/h6H,1-5,8H2,(H2,9,11);2*1H. The van der Waals surface area contributed by atoms with Crippen LogP contribution in [0.25, 0.3) is 0 Å². The summed E-state index contributed by atoms with van der Waals surface area (Å²) in [5.41, 5.74) is 10.5. The minimum absolute atomic E-state index is 0. The molecule has 0 radical (unpaired) electrons. The van der Waals surface area contributed by atoms with Gasteiger partial charge in [-0.2, -0.15) is 0 Å². The van der Waals surface area contributed by atoms with Gasteiger partial charge >= 0.3 is 0 Å². The SMILES string of the molecule is Cl.Cl.NCCN1CCC(C(N)=O)C1. The Morgan fingerprint density at radius 1 is 1.46 bits per heavy atom. The molecular formula is C7H17Cl2N3O. The van der Waals surface area contributed by atoms with Gasteiger partial charge in [0.15, 0.2) is 0 Å². The molecule has 0 aliphatic carbocycles. The lowest BCUT2D eigenvalue weighted by Crippen LogP contribution is -2.30. The quantitative estimate of drug-likeness (QED) is 0.692. The van der Waals surface area contributed by atoms with E-state index < -0.39 is 0 Å². The van der Waals surface area contributed by atoms with E-state index >= 15 is 0 Å². The number of hydrogen-bond acceptors (Lipinski definition) is 3. The first kappa shape index (κ1) is 15.4. The van der Waals surface area contributed by atoms with Crippen LogP contribution in [0.1, 0.15) is 6.42 Å². The first-order valence-electron chi connectivity index (χ1n) is 3.95. The zero-order chi connectivity index (χ0) is 8.27. The molecular weight excluding hydrogens is 213 g/mol. The fraction of sp³-hybridized carbons (Fsp3) is 0.857. The lowest BCUT2D eigenvalue weighted by atomic mass is 10.1. The molecule has 0 aromatic carbocycles. The number of nitrogens with two attached hydrogens (primary N) is 2. The van der Waals surface area contributed by atoms with Crippen LogP contribution in [0.5, 0.6) is 0 Å². The van der Waals surface area contributed by atoms with Crippen molar-refractivity contribution in [1.82, 2.24) is 4.90 Å². The van der Waals surface area contributed by atoms with Gasteiger partial charge in [0.25, 0.3) is 0 Å². The number of carbonyl (C=O) groups is 1. The molecule has 80 valence electrons. The molecule has 0 bridgehead atoms. The topological polar surface area (TPSA) is 72.3 Å². The average molecular weight is 230 g/mol. The Labute approximate surface area is 90.8 Å². The van der Waals surface area contributed by atoms with Gasteiger partial charge in [0.1, 0.15) is 0 Å². The normalized spacial score (nSPS) is 21.8. The van der Waals surface area contributed by atoms with Gasteiger partial charge in [0, 0.05) is 19.6 Å². The first-order valence-corrected chi connectivity index (χ1v) is 3.95. The average Bonchev–Trinajstić information content (AvgIpc) is 2.37. The van der Waals surface area contributed by atoms with E-state index in [-0.39, 0.29) is 36.6 Å². The van der Waals surface area contributed by atoms with Crippen LogP contribution in [0.15, 0.2) is 0 Å². The molecule has 0 aromatic rings. The molecule has 1 atom stereocenters. The summed E-state index contributed by atoms with van der Waals surface area (Å²) in [4.78, 5) is 12.9. The summed E-state index contributed by atoms with van der Waals surface area (Å²) in [5.74, 6) is -0.119.